The van der Waals surface area contributed by atoms with E-state index in [1.165, 1.54) is 18.2 Å². The summed E-state index contributed by atoms with van der Waals surface area (Å²) in [5.41, 5.74) is 7.38. The standard InChI is InChI=1S/C17H17ClFNO/c18-14-6-8-16(19)13(10-14)11-15(21)7-9-17(20)12-4-2-1-3-5-12/h1-6,8,10,17H,7,9,11,20H2. The molecule has 0 fully saturated rings. The molecule has 0 aromatic heterocycles. The van der Waals surface area contributed by atoms with Crippen LogP contribution in [0.1, 0.15) is 30.0 Å². The van der Waals surface area contributed by atoms with Gasteiger partial charge in [0.15, 0.2) is 0 Å². The highest BCUT2D eigenvalue weighted by Crippen LogP contribution is 2.18. The summed E-state index contributed by atoms with van der Waals surface area (Å²) in [7, 11) is 0. The van der Waals surface area contributed by atoms with Crippen LogP contribution in [0.25, 0.3) is 0 Å². The second-order valence-electron chi connectivity index (χ2n) is 5.01. The predicted molar refractivity (Wildman–Crippen MR) is 82.7 cm³/mol. The van der Waals surface area contributed by atoms with Crippen molar-refractivity contribution >= 4 is 17.4 Å². The lowest BCUT2D eigenvalue weighted by molar-refractivity contribution is -0.118. The smallest absolute Gasteiger partial charge is 0.137 e. The van der Waals surface area contributed by atoms with Crippen molar-refractivity contribution in [2.45, 2.75) is 25.3 Å². The van der Waals surface area contributed by atoms with Crippen molar-refractivity contribution in [1.82, 2.24) is 0 Å². The van der Waals surface area contributed by atoms with Crippen molar-refractivity contribution in [2.75, 3.05) is 0 Å². The lowest BCUT2D eigenvalue weighted by atomic mass is 9.99. The predicted octanol–water partition coefficient (Wildman–Crippen LogP) is 4.07. The van der Waals surface area contributed by atoms with Crippen molar-refractivity contribution in [3.8, 4) is 0 Å². The Morgan fingerprint density at radius 3 is 2.62 bits per heavy atom. The van der Waals surface area contributed by atoms with E-state index in [0.29, 0.717) is 23.4 Å². The van der Waals surface area contributed by atoms with Gasteiger partial charge in [-0.1, -0.05) is 41.9 Å². The number of benzene rings is 2. The van der Waals surface area contributed by atoms with Gasteiger partial charge in [-0.15, -0.1) is 0 Å². The second-order valence-corrected chi connectivity index (χ2v) is 5.44. The Kier molecular flexibility index (Phi) is 5.48. The van der Waals surface area contributed by atoms with E-state index >= 15 is 0 Å². The van der Waals surface area contributed by atoms with Gasteiger partial charge >= 0.3 is 0 Å². The summed E-state index contributed by atoms with van der Waals surface area (Å²) in [6.07, 6.45) is 0.918. The Morgan fingerprint density at radius 2 is 1.90 bits per heavy atom. The van der Waals surface area contributed by atoms with Gasteiger partial charge in [0.05, 0.1) is 0 Å². The Labute approximate surface area is 128 Å². The van der Waals surface area contributed by atoms with E-state index in [1.807, 2.05) is 30.3 Å². The first-order valence-electron chi connectivity index (χ1n) is 6.82. The lowest BCUT2D eigenvalue weighted by Crippen LogP contribution is -2.13. The summed E-state index contributed by atoms with van der Waals surface area (Å²) in [5, 5.41) is 0.431. The van der Waals surface area contributed by atoms with E-state index in [2.05, 4.69) is 0 Å². The zero-order valence-corrected chi connectivity index (χ0v) is 12.3. The largest absolute Gasteiger partial charge is 0.324 e. The molecule has 0 aliphatic carbocycles. The number of nitrogens with two attached hydrogens (primary N) is 1. The first-order valence-corrected chi connectivity index (χ1v) is 7.20. The Morgan fingerprint density at radius 1 is 1.19 bits per heavy atom. The second kappa shape index (κ2) is 7.34. The molecule has 0 aliphatic heterocycles. The van der Waals surface area contributed by atoms with Crippen LogP contribution in [0.15, 0.2) is 48.5 Å². The van der Waals surface area contributed by atoms with Gasteiger partial charge in [-0.25, -0.2) is 4.39 Å². The SMILES string of the molecule is NC(CCC(=O)Cc1cc(Cl)ccc1F)c1ccccc1. The van der Waals surface area contributed by atoms with E-state index in [0.717, 1.165) is 5.56 Å². The molecule has 0 aliphatic rings. The molecule has 2 rings (SSSR count). The number of carbonyl (C=O) groups excluding carboxylic acids is 1. The third kappa shape index (κ3) is 4.66. The van der Waals surface area contributed by atoms with E-state index in [-0.39, 0.29) is 18.2 Å². The Balaban J connectivity index is 1.89. The number of rotatable bonds is 6. The number of carbonyl (C=O) groups is 1. The van der Waals surface area contributed by atoms with Crippen LogP contribution in [0.2, 0.25) is 5.02 Å². The molecule has 110 valence electrons. The number of hydrogen-bond acceptors (Lipinski definition) is 2. The molecule has 2 N–H and O–H groups in total. The molecule has 1 atom stereocenters. The molecule has 1 unspecified atom stereocenters. The van der Waals surface area contributed by atoms with Crippen LogP contribution in [0, 0.1) is 5.82 Å². The van der Waals surface area contributed by atoms with Crippen LogP contribution >= 0.6 is 11.6 Å². The summed E-state index contributed by atoms with van der Waals surface area (Å²) in [5.74, 6) is -0.442. The highest BCUT2D eigenvalue weighted by atomic mass is 35.5. The topological polar surface area (TPSA) is 43.1 Å². The zero-order chi connectivity index (χ0) is 15.2. The van der Waals surface area contributed by atoms with Crippen molar-refractivity contribution in [1.29, 1.82) is 0 Å². The Bertz CT molecular complexity index is 615. The average molecular weight is 306 g/mol. The third-order valence-corrected chi connectivity index (χ3v) is 3.59. The first-order chi connectivity index (χ1) is 10.1. The van der Waals surface area contributed by atoms with E-state index < -0.39 is 5.82 Å². The number of hydrogen-bond donors (Lipinski definition) is 1. The minimum atomic E-state index is -0.403. The first kappa shape index (κ1) is 15.7. The van der Waals surface area contributed by atoms with Gasteiger partial charge in [0, 0.05) is 23.9 Å². The lowest BCUT2D eigenvalue weighted by Gasteiger charge is -2.11. The molecule has 2 aromatic rings. The number of Topliss-reactive ketones (excluding diaryl/α,β-unsaturated/α-hetero) is 1. The third-order valence-electron chi connectivity index (χ3n) is 3.36. The zero-order valence-electron chi connectivity index (χ0n) is 11.6. The van der Waals surface area contributed by atoms with Gasteiger partial charge in [0.2, 0.25) is 0 Å². The normalized spacial score (nSPS) is 12.1. The number of halogens is 2. The molecule has 2 nitrogen and oxygen atoms in total. The minimum absolute atomic E-state index is 0.0393. The fourth-order valence-electron chi connectivity index (χ4n) is 2.16. The van der Waals surface area contributed by atoms with Crippen LogP contribution in [0.3, 0.4) is 0 Å². The summed E-state index contributed by atoms with van der Waals surface area (Å²) in [4.78, 5) is 11.9. The molecule has 0 spiro atoms. The molecule has 0 saturated heterocycles. The molecule has 0 radical (unpaired) electrons. The van der Waals surface area contributed by atoms with Crippen LogP contribution in [0.5, 0.6) is 0 Å². The molecule has 0 amide bonds. The van der Waals surface area contributed by atoms with Gasteiger partial charge < -0.3 is 5.73 Å². The van der Waals surface area contributed by atoms with Gasteiger partial charge in [0.1, 0.15) is 11.6 Å². The van der Waals surface area contributed by atoms with Gasteiger partial charge in [-0.05, 0) is 35.7 Å². The van der Waals surface area contributed by atoms with Crippen LogP contribution < -0.4 is 5.73 Å². The highest BCUT2D eigenvalue weighted by molar-refractivity contribution is 6.30. The van der Waals surface area contributed by atoms with Crippen LogP contribution in [-0.4, -0.2) is 5.78 Å². The summed E-state index contributed by atoms with van der Waals surface area (Å²) < 4.78 is 13.6. The van der Waals surface area contributed by atoms with Crippen LogP contribution in [-0.2, 0) is 11.2 Å². The summed E-state index contributed by atoms with van der Waals surface area (Å²) in [6.45, 7) is 0. The molecule has 0 saturated carbocycles. The summed E-state index contributed by atoms with van der Waals surface area (Å²) in [6, 6.07) is 13.7. The molecule has 0 heterocycles. The molecular formula is C17H17ClFNO. The van der Waals surface area contributed by atoms with Gasteiger partial charge in [0.25, 0.3) is 0 Å². The fourth-order valence-corrected chi connectivity index (χ4v) is 2.36. The summed E-state index contributed by atoms with van der Waals surface area (Å²) >= 11 is 5.81. The van der Waals surface area contributed by atoms with E-state index in [1.54, 1.807) is 0 Å². The van der Waals surface area contributed by atoms with Crippen LogP contribution in [0.4, 0.5) is 4.39 Å². The maximum Gasteiger partial charge on any atom is 0.137 e. The van der Waals surface area contributed by atoms with Gasteiger partial charge in [-0.3, -0.25) is 4.79 Å². The van der Waals surface area contributed by atoms with E-state index in [9.17, 15) is 9.18 Å². The van der Waals surface area contributed by atoms with E-state index in [4.69, 9.17) is 17.3 Å². The maximum atomic E-state index is 13.6. The van der Waals surface area contributed by atoms with Gasteiger partial charge in [-0.2, -0.15) is 0 Å². The quantitative estimate of drug-likeness (QED) is 0.874. The average Bonchev–Trinajstić information content (AvgIpc) is 2.49. The van der Waals surface area contributed by atoms with Crippen molar-refractivity contribution in [3.05, 3.63) is 70.5 Å². The van der Waals surface area contributed by atoms with Crippen molar-refractivity contribution < 1.29 is 9.18 Å². The number of ketones is 1. The fraction of sp³-hybridized carbons (Fsp3) is 0.235. The molecule has 21 heavy (non-hydrogen) atoms. The molecule has 0 bridgehead atoms. The molecule has 4 heteroatoms. The van der Waals surface area contributed by atoms with Crippen molar-refractivity contribution in [2.24, 2.45) is 5.73 Å². The highest BCUT2D eigenvalue weighted by Gasteiger charge is 2.12. The monoisotopic (exact) mass is 305 g/mol. The Hall–Kier alpha value is -1.71. The van der Waals surface area contributed by atoms with Crippen molar-refractivity contribution in [3.63, 3.8) is 0 Å². The molecular weight excluding hydrogens is 289 g/mol. The maximum absolute atomic E-state index is 13.6. The molecule has 2 aromatic carbocycles. The minimum Gasteiger partial charge on any atom is -0.324 e.